The molecule has 0 aromatic rings. The summed E-state index contributed by atoms with van der Waals surface area (Å²) in [7, 11) is 2.38. The summed E-state index contributed by atoms with van der Waals surface area (Å²) in [5.74, 6) is 1.76. The topological polar surface area (TPSA) is 15.3 Å². The molecule has 0 bridgehead atoms. The first-order valence-corrected chi connectivity index (χ1v) is 9.37. The Morgan fingerprint density at radius 3 is 2.57 bits per heavy atom. The molecule has 0 aliphatic heterocycles. The first-order chi connectivity index (χ1) is 9.94. The molecule has 0 amide bonds. The Bertz CT molecular complexity index is 313. The van der Waals surface area contributed by atoms with Crippen LogP contribution in [-0.4, -0.2) is 37.1 Å². The van der Waals surface area contributed by atoms with Gasteiger partial charge >= 0.3 is 0 Å². The van der Waals surface area contributed by atoms with E-state index in [0.29, 0.717) is 11.5 Å². The third-order valence-electron chi connectivity index (χ3n) is 6.19. The molecule has 21 heavy (non-hydrogen) atoms. The lowest BCUT2D eigenvalue weighted by Crippen LogP contribution is -2.53. The third-order valence-corrected chi connectivity index (χ3v) is 6.19. The van der Waals surface area contributed by atoms with Gasteiger partial charge in [-0.2, -0.15) is 0 Å². The highest BCUT2D eigenvalue weighted by Crippen LogP contribution is 2.40. The summed E-state index contributed by atoms with van der Waals surface area (Å²) in [5.41, 5.74) is 0.458. The molecule has 2 aliphatic carbocycles. The largest absolute Gasteiger partial charge is 0.313 e. The Labute approximate surface area is 133 Å². The Hall–Kier alpha value is -0.0800. The van der Waals surface area contributed by atoms with Crippen molar-refractivity contribution < 1.29 is 0 Å². The van der Waals surface area contributed by atoms with Crippen molar-refractivity contribution in [3.05, 3.63) is 0 Å². The van der Waals surface area contributed by atoms with Crippen molar-refractivity contribution in [1.29, 1.82) is 0 Å². The number of hydrogen-bond acceptors (Lipinski definition) is 2. The van der Waals surface area contributed by atoms with Gasteiger partial charge in [-0.3, -0.25) is 0 Å². The van der Waals surface area contributed by atoms with E-state index in [1.54, 1.807) is 0 Å². The van der Waals surface area contributed by atoms with Crippen LogP contribution in [0.25, 0.3) is 0 Å². The van der Waals surface area contributed by atoms with Crippen molar-refractivity contribution in [1.82, 2.24) is 10.2 Å². The van der Waals surface area contributed by atoms with E-state index in [4.69, 9.17) is 0 Å². The molecule has 4 atom stereocenters. The molecule has 0 aromatic heterocycles. The number of nitrogens with zero attached hydrogens (tertiary/aromatic N) is 1. The fourth-order valence-corrected chi connectivity index (χ4v) is 4.96. The highest BCUT2D eigenvalue weighted by atomic mass is 15.1. The summed E-state index contributed by atoms with van der Waals surface area (Å²) < 4.78 is 0. The van der Waals surface area contributed by atoms with Crippen LogP contribution >= 0.6 is 0 Å². The number of nitrogens with one attached hydrogen (secondary N) is 1. The molecule has 2 heteroatoms. The summed E-state index contributed by atoms with van der Waals surface area (Å²) >= 11 is 0. The molecule has 2 nitrogen and oxygen atoms in total. The van der Waals surface area contributed by atoms with E-state index in [1.807, 2.05) is 0 Å². The van der Waals surface area contributed by atoms with Crippen LogP contribution in [0.3, 0.4) is 0 Å². The maximum absolute atomic E-state index is 3.82. The molecule has 0 radical (unpaired) electrons. The molecule has 0 heterocycles. The fraction of sp³-hybridized carbons (Fsp3) is 1.00. The van der Waals surface area contributed by atoms with E-state index in [1.165, 1.54) is 51.5 Å². The lowest BCUT2D eigenvalue weighted by molar-refractivity contribution is 0.0641. The Kier molecular flexibility index (Phi) is 6.14. The third kappa shape index (κ3) is 4.45. The van der Waals surface area contributed by atoms with Gasteiger partial charge in [-0.1, -0.05) is 47.0 Å². The van der Waals surface area contributed by atoms with Gasteiger partial charge in [0.25, 0.3) is 0 Å². The Morgan fingerprint density at radius 1 is 1.14 bits per heavy atom. The average Bonchev–Trinajstić information content (AvgIpc) is 2.42. The predicted octanol–water partition coefficient (Wildman–Crippen LogP) is 4.30. The van der Waals surface area contributed by atoms with Crippen LogP contribution in [0.15, 0.2) is 0 Å². The van der Waals surface area contributed by atoms with E-state index < -0.39 is 0 Å². The average molecular weight is 295 g/mol. The molecule has 2 saturated carbocycles. The Morgan fingerprint density at radius 2 is 1.90 bits per heavy atom. The van der Waals surface area contributed by atoms with Crippen molar-refractivity contribution in [2.24, 2.45) is 17.3 Å². The van der Waals surface area contributed by atoms with Crippen molar-refractivity contribution in [3.8, 4) is 0 Å². The smallest absolute Gasteiger partial charge is 0.0159 e. The molecule has 2 fully saturated rings. The first kappa shape index (κ1) is 17.3. The summed E-state index contributed by atoms with van der Waals surface area (Å²) in [6, 6.07) is 1.53. The zero-order valence-corrected chi connectivity index (χ0v) is 15.1. The molecule has 4 unspecified atom stereocenters. The maximum Gasteiger partial charge on any atom is 0.0159 e. The van der Waals surface area contributed by atoms with Gasteiger partial charge < -0.3 is 10.2 Å². The van der Waals surface area contributed by atoms with Crippen LogP contribution in [0.4, 0.5) is 0 Å². The minimum absolute atomic E-state index is 0.458. The van der Waals surface area contributed by atoms with Gasteiger partial charge in [-0.25, -0.2) is 0 Å². The van der Waals surface area contributed by atoms with Gasteiger partial charge in [-0.05, 0) is 56.5 Å². The lowest BCUT2D eigenvalue weighted by atomic mass is 9.67. The van der Waals surface area contributed by atoms with Crippen molar-refractivity contribution in [2.75, 3.05) is 20.1 Å². The molecular weight excluding hydrogens is 256 g/mol. The van der Waals surface area contributed by atoms with Gasteiger partial charge in [0.2, 0.25) is 0 Å². The SMILES string of the molecule is CCNC1C(CN(C)C2CCCC(C)C2)CCCC1(C)C. The van der Waals surface area contributed by atoms with Crippen LogP contribution in [0.2, 0.25) is 0 Å². The second-order valence-electron chi connectivity index (χ2n) is 8.54. The van der Waals surface area contributed by atoms with E-state index in [-0.39, 0.29) is 0 Å². The van der Waals surface area contributed by atoms with Crippen molar-refractivity contribution >= 4 is 0 Å². The monoisotopic (exact) mass is 294 g/mol. The Balaban J connectivity index is 1.95. The van der Waals surface area contributed by atoms with Gasteiger partial charge in [0.05, 0.1) is 0 Å². The second-order valence-corrected chi connectivity index (χ2v) is 8.54. The normalized spacial score (nSPS) is 36.9. The zero-order chi connectivity index (χ0) is 15.5. The van der Waals surface area contributed by atoms with Gasteiger partial charge in [0, 0.05) is 18.6 Å². The van der Waals surface area contributed by atoms with E-state index in [9.17, 15) is 0 Å². The quantitative estimate of drug-likeness (QED) is 0.813. The van der Waals surface area contributed by atoms with E-state index in [2.05, 4.69) is 45.0 Å². The highest BCUT2D eigenvalue weighted by molar-refractivity contribution is 4.94. The first-order valence-electron chi connectivity index (χ1n) is 9.37. The molecule has 0 aromatic carbocycles. The predicted molar refractivity (Wildman–Crippen MR) is 92.6 cm³/mol. The van der Waals surface area contributed by atoms with E-state index >= 15 is 0 Å². The second kappa shape index (κ2) is 7.46. The molecule has 2 rings (SSSR count). The molecule has 124 valence electrons. The lowest BCUT2D eigenvalue weighted by Gasteiger charge is -2.47. The van der Waals surface area contributed by atoms with E-state index in [0.717, 1.165) is 24.4 Å². The molecule has 0 saturated heterocycles. The van der Waals surface area contributed by atoms with Gasteiger partial charge in [0.1, 0.15) is 0 Å². The molecular formula is C19H38N2. The summed E-state index contributed by atoms with van der Waals surface area (Å²) in [4.78, 5) is 2.70. The summed E-state index contributed by atoms with van der Waals surface area (Å²) in [6.45, 7) is 12.0. The minimum atomic E-state index is 0.458. The van der Waals surface area contributed by atoms with Crippen molar-refractivity contribution in [2.45, 2.75) is 84.7 Å². The van der Waals surface area contributed by atoms with Gasteiger partial charge in [-0.15, -0.1) is 0 Å². The zero-order valence-electron chi connectivity index (χ0n) is 15.1. The minimum Gasteiger partial charge on any atom is -0.313 e. The summed E-state index contributed by atoms with van der Waals surface area (Å²) in [5, 5.41) is 3.82. The van der Waals surface area contributed by atoms with Crippen LogP contribution in [-0.2, 0) is 0 Å². The molecule has 0 spiro atoms. The van der Waals surface area contributed by atoms with Crippen LogP contribution < -0.4 is 5.32 Å². The van der Waals surface area contributed by atoms with Crippen LogP contribution in [0.5, 0.6) is 0 Å². The highest BCUT2D eigenvalue weighted by Gasteiger charge is 2.39. The maximum atomic E-state index is 3.82. The standard InChI is InChI=1S/C19H38N2/c1-6-20-18-16(10-8-12-19(18,3)4)14-21(5)17-11-7-9-15(2)13-17/h15-18,20H,6-14H2,1-5H3. The fourth-order valence-electron chi connectivity index (χ4n) is 4.96. The van der Waals surface area contributed by atoms with Crippen LogP contribution in [0, 0.1) is 17.3 Å². The summed E-state index contributed by atoms with van der Waals surface area (Å²) in [6.07, 6.45) is 9.92. The number of hydrogen-bond donors (Lipinski definition) is 1. The number of rotatable bonds is 5. The van der Waals surface area contributed by atoms with Crippen molar-refractivity contribution in [3.63, 3.8) is 0 Å². The van der Waals surface area contributed by atoms with Gasteiger partial charge in [0.15, 0.2) is 0 Å². The molecule has 2 aliphatic rings. The van der Waals surface area contributed by atoms with Crippen LogP contribution in [0.1, 0.15) is 72.6 Å². The molecule has 1 N–H and O–H groups in total.